The molecule has 2 aromatic rings. The van der Waals surface area contributed by atoms with Gasteiger partial charge in [0.25, 0.3) is 5.22 Å². The maximum absolute atomic E-state index is 11.8. The number of thioether (sulfide) groups is 1. The Hall–Kier alpha value is -2.05. The number of rotatable bonds is 7. The zero-order chi connectivity index (χ0) is 16.1. The minimum Gasteiger partial charge on any atom is -0.416 e. The number of carbonyl (C=O) groups is 1. The van der Waals surface area contributed by atoms with E-state index in [-0.39, 0.29) is 22.5 Å². The molecule has 9 heteroatoms. The minimum absolute atomic E-state index is 0.0197. The topological polar surface area (TPSA) is 117 Å². The van der Waals surface area contributed by atoms with E-state index in [1.165, 1.54) is 6.92 Å². The van der Waals surface area contributed by atoms with Crippen molar-refractivity contribution in [1.82, 2.24) is 15.2 Å². The SMILES string of the molecule is CC(=N)[C@H](C#N)C(=O)CSc1nnc(Cc2csc(C)n2)o1. The number of hydrogen-bond donors (Lipinski definition) is 1. The van der Waals surface area contributed by atoms with E-state index in [1.54, 1.807) is 11.3 Å². The van der Waals surface area contributed by atoms with Crippen molar-refractivity contribution in [2.75, 3.05) is 5.75 Å². The van der Waals surface area contributed by atoms with Crippen LogP contribution in [0.15, 0.2) is 15.0 Å². The standard InChI is InChI=1S/C13H13N5O2S2/c1-7(15)10(4-14)11(19)6-22-13-18-17-12(20-13)3-9-5-21-8(2)16-9/h5,10,15H,3,6H2,1-2H3/t10-/m0/s1. The highest BCUT2D eigenvalue weighted by atomic mass is 32.2. The summed E-state index contributed by atoms with van der Waals surface area (Å²) in [5.41, 5.74) is 0.904. The maximum atomic E-state index is 11.8. The number of carbonyl (C=O) groups excluding carboxylic acids is 1. The molecule has 2 aromatic heterocycles. The molecular weight excluding hydrogens is 322 g/mol. The summed E-state index contributed by atoms with van der Waals surface area (Å²) in [5, 5.41) is 27.2. The van der Waals surface area contributed by atoms with Crippen LogP contribution < -0.4 is 0 Å². The first-order chi connectivity index (χ1) is 10.5. The number of aromatic nitrogens is 3. The summed E-state index contributed by atoms with van der Waals surface area (Å²) in [4.78, 5) is 16.1. The van der Waals surface area contributed by atoms with Gasteiger partial charge in [-0.1, -0.05) is 11.8 Å². The minimum atomic E-state index is -1.01. The number of aryl methyl sites for hydroxylation is 1. The third-order valence-corrected chi connectivity index (χ3v) is 4.33. The Labute approximate surface area is 135 Å². The van der Waals surface area contributed by atoms with E-state index in [2.05, 4.69) is 15.2 Å². The molecule has 2 rings (SSSR count). The van der Waals surface area contributed by atoms with Gasteiger partial charge in [-0.2, -0.15) is 5.26 Å². The van der Waals surface area contributed by atoms with Crippen molar-refractivity contribution < 1.29 is 9.21 Å². The number of ketones is 1. The molecule has 1 atom stereocenters. The lowest BCUT2D eigenvalue weighted by atomic mass is 10.0. The normalized spacial score (nSPS) is 11.9. The molecule has 0 spiro atoms. The van der Waals surface area contributed by atoms with Crippen molar-refractivity contribution in [1.29, 1.82) is 10.7 Å². The van der Waals surface area contributed by atoms with E-state index in [4.69, 9.17) is 15.1 Å². The fraction of sp³-hybridized carbons (Fsp3) is 0.385. The summed E-state index contributed by atoms with van der Waals surface area (Å²) in [5.74, 6) is -0.894. The van der Waals surface area contributed by atoms with Gasteiger partial charge in [-0.3, -0.25) is 4.79 Å². The lowest BCUT2D eigenvalue weighted by molar-refractivity contribution is -0.117. The zero-order valence-corrected chi connectivity index (χ0v) is 13.6. The number of hydrogen-bond acceptors (Lipinski definition) is 9. The first-order valence-electron chi connectivity index (χ1n) is 6.33. The van der Waals surface area contributed by atoms with E-state index in [0.29, 0.717) is 12.3 Å². The van der Waals surface area contributed by atoms with Crippen LogP contribution in [-0.4, -0.2) is 32.4 Å². The molecular formula is C13H13N5O2S2. The molecule has 0 aliphatic rings. The van der Waals surface area contributed by atoms with Gasteiger partial charge in [0.2, 0.25) is 5.89 Å². The summed E-state index contributed by atoms with van der Waals surface area (Å²) >= 11 is 2.62. The molecule has 0 aromatic carbocycles. The summed E-state index contributed by atoms with van der Waals surface area (Å²) in [6, 6.07) is 1.82. The molecule has 114 valence electrons. The number of thiazole rings is 1. The smallest absolute Gasteiger partial charge is 0.277 e. The molecule has 0 aliphatic carbocycles. The van der Waals surface area contributed by atoms with Crippen LogP contribution in [0.1, 0.15) is 23.5 Å². The van der Waals surface area contributed by atoms with Crippen molar-refractivity contribution in [3.05, 3.63) is 22.0 Å². The third kappa shape index (κ3) is 4.22. The van der Waals surface area contributed by atoms with E-state index < -0.39 is 5.92 Å². The molecule has 1 N–H and O–H groups in total. The van der Waals surface area contributed by atoms with Crippen LogP contribution in [-0.2, 0) is 11.2 Å². The van der Waals surface area contributed by atoms with Crippen molar-refractivity contribution in [2.45, 2.75) is 25.5 Å². The molecule has 0 unspecified atom stereocenters. The van der Waals surface area contributed by atoms with Gasteiger partial charge in [0, 0.05) is 11.1 Å². The summed E-state index contributed by atoms with van der Waals surface area (Å²) in [6.07, 6.45) is 0.451. The Balaban J connectivity index is 1.91. The quantitative estimate of drug-likeness (QED) is 0.609. The molecule has 0 fully saturated rings. The van der Waals surface area contributed by atoms with Crippen molar-refractivity contribution in [2.24, 2.45) is 5.92 Å². The van der Waals surface area contributed by atoms with Crippen LogP contribution in [0, 0.1) is 29.6 Å². The number of nitrogens with zero attached hydrogens (tertiary/aromatic N) is 4. The number of Topliss-reactive ketones (excluding diaryl/α,β-unsaturated/α-hetero) is 1. The van der Waals surface area contributed by atoms with Crippen LogP contribution in [0.5, 0.6) is 0 Å². The summed E-state index contributed by atoms with van der Waals surface area (Å²) in [7, 11) is 0. The van der Waals surface area contributed by atoms with Gasteiger partial charge in [-0.15, -0.1) is 21.5 Å². The number of nitrogens with one attached hydrogen (secondary N) is 1. The van der Waals surface area contributed by atoms with Crippen LogP contribution in [0.4, 0.5) is 0 Å². The van der Waals surface area contributed by atoms with Gasteiger partial charge in [-0.25, -0.2) is 4.98 Å². The molecule has 0 amide bonds. The molecule has 0 bridgehead atoms. The van der Waals surface area contributed by atoms with Gasteiger partial charge < -0.3 is 9.83 Å². The van der Waals surface area contributed by atoms with E-state index in [0.717, 1.165) is 22.5 Å². The van der Waals surface area contributed by atoms with Crippen LogP contribution in [0.25, 0.3) is 0 Å². The van der Waals surface area contributed by atoms with Crippen molar-refractivity contribution >= 4 is 34.6 Å². The van der Waals surface area contributed by atoms with Gasteiger partial charge >= 0.3 is 0 Å². The maximum Gasteiger partial charge on any atom is 0.277 e. The van der Waals surface area contributed by atoms with Crippen molar-refractivity contribution in [3.8, 4) is 6.07 Å². The van der Waals surface area contributed by atoms with E-state index in [9.17, 15) is 4.79 Å². The fourth-order valence-corrected chi connectivity index (χ4v) is 2.94. The Morgan fingerprint density at radius 2 is 2.36 bits per heavy atom. The first-order valence-corrected chi connectivity index (χ1v) is 8.19. The van der Waals surface area contributed by atoms with E-state index >= 15 is 0 Å². The van der Waals surface area contributed by atoms with Gasteiger partial charge in [0.05, 0.1) is 28.9 Å². The predicted molar refractivity (Wildman–Crippen MR) is 82.2 cm³/mol. The monoisotopic (exact) mass is 335 g/mol. The second-order valence-corrected chi connectivity index (χ2v) is 6.49. The highest BCUT2D eigenvalue weighted by Crippen LogP contribution is 2.19. The largest absolute Gasteiger partial charge is 0.416 e. The van der Waals surface area contributed by atoms with Crippen LogP contribution in [0.3, 0.4) is 0 Å². The molecule has 0 saturated heterocycles. The lowest BCUT2D eigenvalue weighted by Gasteiger charge is -2.03. The fourth-order valence-electron chi connectivity index (χ4n) is 1.64. The first kappa shape index (κ1) is 16.3. The highest BCUT2D eigenvalue weighted by molar-refractivity contribution is 7.99. The Morgan fingerprint density at radius 1 is 1.59 bits per heavy atom. The second kappa shape index (κ2) is 7.29. The second-order valence-electron chi connectivity index (χ2n) is 4.50. The third-order valence-electron chi connectivity index (χ3n) is 2.67. The van der Waals surface area contributed by atoms with Crippen LogP contribution >= 0.6 is 23.1 Å². The lowest BCUT2D eigenvalue weighted by Crippen LogP contribution is -2.21. The molecule has 0 aliphatic heterocycles. The Kier molecular flexibility index (Phi) is 5.41. The zero-order valence-electron chi connectivity index (χ0n) is 12.0. The van der Waals surface area contributed by atoms with Gasteiger partial charge in [-0.05, 0) is 13.8 Å². The Morgan fingerprint density at radius 3 is 2.95 bits per heavy atom. The number of nitriles is 1. The Bertz CT molecular complexity index is 731. The van der Waals surface area contributed by atoms with Crippen LogP contribution in [0.2, 0.25) is 0 Å². The van der Waals surface area contributed by atoms with Gasteiger partial charge in [0.1, 0.15) is 5.92 Å². The molecule has 22 heavy (non-hydrogen) atoms. The highest BCUT2D eigenvalue weighted by Gasteiger charge is 2.21. The average molecular weight is 335 g/mol. The van der Waals surface area contributed by atoms with Crippen molar-refractivity contribution in [3.63, 3.8) is 0 Å². The molecule has 2 heterocycles. The van der Waals surface area contributed by atoms with E-state index in [1.807, 2.05) is 18.4 Å². The predicted octanol–water partition coefficient (Wildman–Crippen LogP) is 2.27. The molecule has 0 radical (unpaired) electrons. The van der Waals surface area contributed by atoms with Gasteiger partial charge in [0.15, 0.2) is 5.78 Å². The molecule has 7 nitrogen and oxygen atoms in total. The summed E-state index contributed by atoms with van der Waals surface area (Å²) in [6.45, 7) is 3.36. The molecule has 0 saturated carbocycles. The summed E-state index contributed by atoms with van der Waals surface area (Å²) < 4.78 is 5.44. The average Bonchev–Trinajstić information content (AvgIpc) is 3.06.